The summed E-state index contributed by atoms with van der Waals surface area (Å²) in [6.45, 7) is 2.33. The van der Waals surface area contributed by atoms with Crippen molar-refractivity contribution in [2.24, 2.45) is 0 Å². The number of thioether (sulfide) groups is 1. The summed E-state index contributed by atoms with van der Waals surface area (Å²) in [7, 11) is 0. The number of ether oxygens (including phenoxy) is 1. The summed E-state index contributed by atoms with van der Waals surface area (Å²) in [5.41, 5.74) is 1.05. The van der Waals surface area contributed by atoms with Crippen LogP contribution in [0.15, 0.2) is 40.3 Å². The third-order valence-corrected chi connectivity index (χ3v) is 3.59. The lowest BCUT2D eigenvalue weighted by molar-refractivity contribution is -0.140. The number of nitrogens with one attached hydrogen (secondary N) is 1. The van der Waals surface area contributed by atoms with Gasteiger partial charge in [0.2, 0.25) is 0 Å². The molecule has 0 saturated heterocycles. The standard InChI is InChI=1S/C15H17N3O3S/c1-2-8-21-13(19)10-22-15-16-14(20)12(17-18-15)9-11-6-4-3-5-7-11/h3-7H,2,8-10H2,1H3,(H,16,18,20). The molecule has 0 bridgehead atoms. The number of H-pyrrole nitrogens is 1. The van der Waals surface area contributed by atoms with Gasteiger partial charge in [-0.1, -0.05) is 49.0 Å². The van der Waals surface area contributed by atoms with Crippen molar-refractivity contribution in [2.45, 2.75) is 24.9 Å². The highest BCUT2D eigenvalue weighted by Gasteiger charge is 2.09. The summed E-state index contributed by atoms with van der Waals surface area (Å²) >= 11 is 1.10. The highest BCUT2D eigenvalue weighted by Crippen LogP contribution is 2.10. The maximum absolute atomic E-state index is 12.0. The Morgan fingerprint density at radius 1 is 1.27 bits per heavy atom. The molecule has 1 aromatic heterocycles. The molecule has 7 heteroatoms. The van der Waals surface area contributed by atoms with Gasteiger partial charge in [-0.25, -0.2) is 0 Å². The Balaban J connectivity index is 1.95. The number of hydrogen-bond acceptors (Lipinski definition) is 6. The molecule has 0 unspecified atom stereocenters. The number of carbonyl (C=O) groups is 1. The van der Waals surface area contributed by atoms with E-state index in [0.29, 0.717) is 23.9 Å². The number of aromatic nitrogens is 3. The fourth-order valence-electron chi connectivity index (χ4n) is 1.70. The monoisotopic (exact) mass is 319 g/mol. The van der Waals surface area contributed by atoms with Crippen LogP contribution < -0.4 is 5.56 Å². The Bertz CT molecular complexity index is 673. The number of aromatic amines is 1. The van der Waals surface area contributed by atoms with E-state index < -0.39 is 0 Å². The van der Waals surface area contributed by atoms with Crippen molar-refractivity contribution in [1.29, 1.82) is 0 Å². The first-order valence-corrected chi connectivity index (χ1v) is 7.96. The number of benzene rings is 1. The van der Waals surface area contributed by atoms with E-state index in [9.17, 15) is 9.59 Å². The van der Waals surface area contributed by atoms with E-state index in [-0.39, 0.29) is 17.3 Å². The van der Waals surface area contributed by atoms with Gasteiger partial charge in [0, 0.05) is 6.42 Å². The first kappa shape index (κ1) is 16.2. The summed E-state index contributed by atoms with van der Waals surface area (Å²) in [5.74, 6) is -0.231. The molecule has 116 valence electrons. The lowest BCUT2D eigenvalue weighted by Crippen LogP contribution is -2.18. The molecule has 0 spiro atoms. The smallest absolute Gasteiger partial charge is 0.316 e. The van der Waals surface area contributed by atoms with E-state index in [2.05, 4.69) is 15.2 Å². The molecule has 2 aromatic rings. The van der Waals surface area contributed by atoms with Gasteiger partial charge in [0.15, 0.2) is 5.16 Å². The quantitative estimate of drug-likeness (QED) is 0.619. The number of hydrogen-bond donors (Lipinski definition) is 1. The van der Waals surface area contributed by atoms with Crippen LogP contribution >= 0.6 is 11.8 Å². The number of nitrogens with zero attached hydrogens (tertiary/aromatic N) is 2. The second kappa shape index (κ2) is 8.33. The molecule has 1 heterocycles. The van der Waals surface area contributed by atoms with Crippen molar-refractivity contribution in [2.75, 3.05) is 12.4 Å². The molecule has 1 aromatic carbocycles. The summed E-state index contributed by atoms with van der Waals surface area (Å²) in [4.78, 5) is 26.0. The van der Waals surface area contributed by atoms with Gasteiger partial charge in [-0.05, 0) is 12.0 Å². The van der Waals surface area contributed by atoms with Crippen molar-refractivity contribution in [3.63, 3.8) is 0 Å². The Morgan fingerprint density at radius 2 is 2.05 bits per heavy atom. The van der Waals surface area contributed by atoms with Crippen LogP contribution in [0.25, 0.3) is 0 Å². The van der Waals surface area contributed by atoms with Gasteiger partial charge in [-0.2, -0.15) is 0 Å². The summed E-state index contributed by atoms with van der Waals surface area (Å²) < 4.78 is 4.95. The minimum Gasteiger partial charge on any atom is -0.465 e. The van der Waals surface area contributed by atoms with Crippen molar-refractivity contribution in [3.05, 3.63) is 51.9 Å². The second-order valence-corrected chi connectivity index (χ2v) is 5.54. The summed E-state index contributed by atoms with van der Waals surface area (Å²) in [5, 5.41) is 8.20. The highest BCUT2D eigenvalue weighted by atomic mass is 32.2. The van der Waals surface area contributed by atoms with E-state index in [4.69, 9.17) is 4.74 Å². The molecule has 0 aliphatic carbocycles. The van der Waals surface area contributed by atoms with Crippen LogP contribution in [0.3, 0.4) is 0 Å². The molecule has 0 aliphatic rings. The zero-order chi connectivity index (χ0) is 15.8. The van der Waals surface area contributed by atoms with Crippen molar-refractivity contribution in [1.82, 2.24) is 15.2 Å². The van der Waals surface area contributed by atoms with Crippen LogP contribution in [0.5, 0.6) is 0 Å². The molecule has 22 heavy (non-hydrogen) atoms. The van der Waals surface area contributed by atoms with Gasteiger partial charge < -0.3 is 4.74 Å². The van der Waals surface area contributed by atoms with E-state index in [0.717, 1.165) is 23.7 Å². The van der Waals surface area contributed by atoms with Crippen LogP contribution in [-0.4, -0.2) is 33.5 Å². The largest absolute Gasteiger partial charge is 0.465 e. The Morgan fingerprint density at radius 3 is 2.73 bits per heavy atom. The molecule has 0 aliphatic heterocycles. The first-order valence-electron chi connectivity index (χ1n) is 6.97. The van der Waals surface area contributed by atoms with Gasteiger partial charge in [0.25, 0.3) is 5.56 Å². The summed E-state index contributed by atoms with van der Waals surface area (Å²) in [6, 6.07) is 9.57. The van der Waals surface area contributed by atoms with Gasteiger partial charge in [-0.3, -0.25) is 14.6 Å². The van der Waals surface area contributed by atoms with Crippen molar-refractivity contribution >= 4 is 17.7 Å². The lowest BCUT2D eigenvalue weighted by Gasteiger charge is -2.03. The van der Waals surface area contributed by atoms with Crippen LogP contribution in [0.1, 0.15) is 24.6 Å². The van der Waals surface area contributed by atoms with Crippen LogP contribution in [-0.2, 0) is 16.0 Å². The maximum Gasteiger partial charge on any atom is 0.316 e. The minimum absolute atomic E-state index is 0.0999. The van der Waals surface area contributed by atoms with Gasteiger partial charge >= 0.3 is 5.97 Å². The van der Waals surface area contributed by atoms with Crippen molar-refractivity contribution in [3.8, 4) is 0 Å². The fraction of sp³-hybridized carbons (Fsp3) is 0.333. The number of esters is 1. The molecular weight excluding hydrogens is 302 g/mol. The van der Waals surface area contributed by atoms with Crippen molar-refractivity contribution < 1.29 is 9.53 Å². The lowest BCUT2D eigenvalue weighted by atomic mass is 10.1. The molecule has 1 N–H and O–H groups in total. The van der Waals surface area contributed by atoms with Gasteiger partial charge in [0.1, 0.15) is 5.69 Å². The first-order chi connectivity index (χ1) is 10.7. The van der Waals surface area contributed by atoms with E-state index >= 15 is 0 Å². The Kier molecular flexibility index (Phi) is 6.14. The number of carbonyl (C=O) groups excluding carboxylic acids is 1. The van der Waals surface area contributed by atoms with Gasteiger partial charge in [0.05, 0.1) is 12.4 Å². The third kappa shape index (κ3) is 5.00. The average molecular weight is 319 g/mol. The number of rotatable bonds is 7. The zero-order valence-corrected chi connectivity index (χ0v) is 13.1. The molecule has 0 saturated carbocycles. The van der Waals surface area contributed by atoms with Crippen LogP contribution in [0, 0.1) is 0 Å². The van der Waals surface area contributed by atoms with E-state index in [1.54, 1.807) is 0 Å². The highest BCUT2D eigenvalue weighted by molar-refractivity contribution is 7.99. The van der Waals surface area contributed by atoms with Gasteiger partial charge in [-0.15, -0.1) is 10.2 Å². The maximum atomic E-state index is 12.0. The predicted molar refractivity (Wildman–Crippen MR) is 83.9 cm³/mol. The third-order valence-electron chi connectivity index (χ3n) is 2.75. The molecule has 0 amide bonds. The normalized spacial score (nSPS) is 10.4. The SMILES string of the molecule is CCCOC(=O)CSc1nnc(Cc2ccccc2)c(=O)[nH]1. The van der Waals surface area contributed by atoms with E-state index in [1.807, 2.05) is 37.3 Å². The van der Waals surface area contributed by atoms with Crippen LogP contribution in [0.4, 0.5) is 0 Å². The molecule has 2 rings (SSSR count). The topological polar surface area (TPSA) is 84.9 Å². The second-order valence-electron chi connectivity index (χ2n) is 4.58. The molecule has 0 atom stereocenters. The Labute approximate surface area is 132 Å². The predicted octanol–water partition coefficient (Wildman–Crippen LogP) is 1.80. The van der Waals surface area contributed by atoms with E-state index in [1.165, 1.54) is 0 Å². The fourth-order valence-corrected chi connectivity index (χ4v) is 2.30. The Hall–Kier alpha value is -2.15. The van der Waals surface area contributed by atoms with Crippen LogP contribution in [0.2, 0.25) is 0 Å². The average Bonchev–Trinajstić information content (AvgIpc) is 2.54. The molecular formula is C15H17N3O3S. The zero-order valence-electron chi connectivity index (χ0n) is 12.2. The molecule has 6 nitrogen and oxygen atoms in total. The molecule has 0 fully saturated rings. The minimum atomic E-state index is -0.331. The summed E-state index contributed by atoms with van der Waals surface area (Å²) in [6.07, 6.45) is 1.20. The molecule has 0 radical (unpaired) electrons.